The number of halogens is 1. The van der Waals surface area contributed by atoms with Crippen LogP contribution in [0.25, 0.3) is 0 Å². The first-order valence-corrected chi connectivity index (χ1v) is 6.25. The Morgan fingerprint density at radius 2 is 2.31 bits per heavy atom. The van der Waals surface area contributed by atoms with Crippen molar-refractivity contribution in [1.29, 1.82) is 5.26 Å². The van der Waals surface area contributed by atoms with E-state index in [0.717, 1.165) is 21.0 Å². The number of hydrogen-bond donors (Lipinski definition) is 1. The highest BCUT2D eigenvalue weighted by atomic mass is 79.9. The zero-order chi connectivity index (χ0) is 11.5. The lowest BCUT2D eigenvalue weighted by Gasteiger charge is -2.06. The molecule has 1 heterocycles. The van der Waals surface area contributed by atoms with E-state index in [1.807, 2.05) is 24.4 Å². The zero-order valence-corrected chi connectivity index (χ0v) is 10.9. The van der Waals surface area contributed by atoms with Crippen molar-refractivity contribution in [2.24, 2.45) is 0 Å². The molecule has 0 bridgehead atoms. The number of nitriles is 1. The Morgan fingerprint density at radius 3 is 2.94 bits per heavy atom. The van der Waals surface area contributed by atoms with Crippen molar-refractivity contribution in [2.75, 3.05) is 5.32 Å². The molecule has 1 aromatic heterocycles. The lowest BCUT2D eigenvalue weighted by molar-refractivity contribution is 1.33. The third-order valence-corrected chi connectivity index (χ3v) is 3.55. The number of hydrogen-bond acceptors (Lipinski definition) is 4. The predicted molar refractivity (Wildman–Crippen MR) is 69.0 cm³/mol. The van der Waals surface area contributed by atoms with Gasteiger partial charge in [-0.25, -0.2) is 4.98 Å². The van der Waals surface area contributed by atoms with E-state index in [1.54, 1.807) is 6.07 Å². The fraction of sp³-hybridized carbons (Fsp3) is 0.0909. The minimum absolute atomic E-state index is 0.642. The average Bonchev–Trinajstić information content (AvgIpc) is 2.67. The fourth-order valence-corrected chi connectivity index (χ4v) is 2.41. The number of anilines is 2. The standard InChI is InChI=1S/C11H8BrN3S/c1-7-2-3-8(5-13)4-9(7)14-11-15-10(12)6-16-11/h2-4,6H,1H3,(H,14,15). The quantitative estimate of drug-likeness (QED) is 0.915. The summed E-state index contributed by atoms with van der Waals surface area (Å²) in [4.78, 5) is 4.24. The van der Waals surface area contributed by atoms with E-state index in [9.17, 15) is 0 Å². The van der Waals surface area contributed by atoms with E-state index in [0.29, 0.717) is 5.56 Å². The van der Waals surface area contributed by atoms with Crippen molar-refractivity contribution >= 4 is 38.1 Å². The Balaban J connectivity index is 2.30. The van der Waals surface area contributed by atoms with Gasteiger partial charge in [-0.3, -0.25) is 0 Å². The van der Waals surface area contributed by atoms with Crippen LogP contribution in [0.1, 0.15) is 11.1 Å². The van der Waals surface area contributed by atoms with E-state index in [1.165, 1.54) is 11.3 Å². The molecule has 2 aromatic rings. The van der Waals surface area contributed by atoms with Crippen molar-refractivity contribution in [2.45, 2.75) is 6.92 Å². The molecule has 0 amide bonds. The summed E-state index contributed by atoms with van der Waals surface area (Å²) in [6.07, 6.45) is 0. The molecule has 1 aromatic carbocycles. The van der Waals surface area contributed by atoms with Crippen LogP contribution in [0.3, 0.4) is 0 Å². The Kier molecular flexibility index (Phi) is 3.22. The fourth-order valence-electron chi connectivity index (χ4n) is 1.25. The molecule has 16 heavy (non-hydrogen) atoms. The van der Waals surface area contributed by atoms with Gasteiger partial charge in [-0.05, 0) is 40.5 Å². The third kappa shape index (κ3) is 2.40. The Bertz CT molecular complexity index is 557. The normalized spacial score (nSPS) is 9.81. The van der Waals surface area contributed by atoms with Gasteiger partial charge in [-0.15, -0.1) is 11.3 Å². The van der Waals surface area contributed by atoms with Gasteiger partial charge in [0, 0.05) is 11.1 Å². The number of benzene rings is 1. The van der Waals surface area contributed by atoms with E-state index >= 15 is 0 Å². The minimum atomic E-state index is 0.642. The van der Waals surface area contributed by atoms with E-state index in [2.05, 4.69) is 32.3 Å². The average molecular weight is 294 g/mol. The number of thiazole rings is 1. The van der Waals surface area contributed by atoms with Crippen molar-refractivity contribution in [3.63, 3.8) is 0 Å². The predicted octanol–water partition coefficient (Wildman–Crippen LogP) is 3.83. The molecule has 5 heteroatoms. The summed E-state index contributed by atoms with van der Waals surface area (Å²) in [5.41, 5.74) is 2.65. The Labute approximate surface area is 106 Å². The first-order valence-electron chi connectivity index (χ1n) is 4.58. The molecule has 0 spiro atoms. The molecule has 1 N–H and O–H groups in total. The summed E-state index contributed by atoms with van der Waals surface area (Å²) in [7, 11) is 0. The van der Waals surface area contributed by atoms with Crippen LogP contribution in [0.4, 0.5) is 10.8 Å². The van der Waals surface area contributed by atoms with Gasteiger partial charge in [0.15, 0.2) is 5.13 Å². The van der Waals surface area contributed by atoms with Gasteiger partial charge < -0.3 is 5.32 Å². The third-order valence-electron chi connectivity index (χ3n) is 2.08. The first-order chi connectivity index (χ1) is 7.69. The maximum atomic E-state index is 8.82. The van der Waals surface area contributed by atoms with Gasteiger partial charge in [0.25, 0.3) is 0 Å². The SMILES string of the molecule is Cc1ccc(C#N)cc1Nc1nc(Br)cs1. The topological polar surface area (TPSA) is 48.7 Å². The van der Waals surface area contributed by atoms with Crippen LogP contribution < -0.4 is 5.32 Å². The number of aryl methyl sites for hydroxylation is 1. The van der Waals surface area contributed by atoms with Crippen molar-refractivity contribution in [3.8, 4) is 6.07 Å². The molecule has 0 unspecified atom stereocenters. The molecule has 0 aliphatic heterocycles. The van der Waals surface area contributed by atoms with Crippen LogP contribution >= 0.6 is 27.3 Å². The maximum absolute atomic E-state index is 8.82. The van der Waals surface area contributed by atoms with Gasteiger partial charge in [0.05, 0.1) is 11.6 Å². The summed E-state index contributed by atoms with van der Waals surface area (Å²) < 4.78 is 0.814. The van der Waals surface area contributed by atoms with Crippen molar-refractivity contribution < 1.29 is 0 Å². The summed E-state index contributed by atoms with van der Waals surface area (Å²) >= 11 is 4.81. The van der Waals surface area contributed by atoms with Gasteiger partial charge >= 0.3 is 0 Å². The van der Waals surface area contributed by atoms with Gasteiger partial charge in [-0.1, -0.05) is 6.07 Å². The van der Waals surface area contributed by atoms with Crippen LogP contribution in [0.5, 0.6) is 0 Å². The summed E-state index contributed by atoms with van der Waals surface area (Å²) in [6.45, 7) is 1.99. The van der Waals surface area contributed by atoms with Crippen LogP contribution in [-0.2, 0) is 0 Å². The van der Waals surface area contributed by atoms with Crippen molar-refractivity contribution in [3.05, 3.63) is 39.3 Å². The highest BCUT2D eigenvalue weighted by molar-refractivity contribution is 9.10. The molecule has 2 rings (SSSR count). The molecule has 0 aliphatic carbocycles. The molecule has 0 saturated heterocycles. The molecule has 0 fully saturated rings. The summed E-state index contributed by atoms with van der Waals surface area (Å²) in [6, 6.07) is 7.67. The van der Waals surface area contributed by atoms with Gasteiger partial charge in [-0.2, -0.15) is 5.26 Å². The Morgan fingerprint density at radius 1 is 1.50 bits per heavy atom. The molecule has 3 nitrogen and oxygen atoms in total. The number of aromatic nitrogens is 1. The number of nitrogens with one attached hydrogen (secondary N) is 1. The zero-order valence-electron chi connectivity index (χ0n) is 8.49. The molecule has 0 aliphatic rings. The highest BCUT2D eigenvalue weighted by Crippen LogP contribution is 2.25. The number of rotatable bonds is 2. The van der Waals surface area contributed by atoms with Crippen LogP contribution in [0.15, 0.2) is 28.2 Å². The number of nitrogens with zero attached hydrogens (tertiary/aromatic N) is 2. The summed E-state index contributed by atoms with van der Waals surface area (Å²) in [5.74, 6) is 0. The van der Waals surface area contributed by atoms with Crippen molar-refractivity contribution in [1.82, 2.24) is 4.98 Å². The second-order valence-corrected chi connectivity index (χ2v) is 4.91. The van der Waals surface area contributed by atoms with Crippen LogP contribution in [-0.4, -0.2) is 4.98 Å². The molecule has 80 valence electrons. The smallest absolute Gasteiger partial charge is 0.188 e. The van der Waals surface area contributed by atoms with E-state index in [4.69, 9.17) is 5.26 Å². The second kappa shape index (κ2) is 4.64. The molecule has 0 atom stereocenters. The lowest BCUT2D eigenvalue weighted by atomic mass is 10.1. The van der Waals surface area contributed by atoms with Crippen LogP contribution in [0.2, 0.25) is 0 Å². The van der Waals surface area contributed by atoms with E-state index in [-0.39, 0.29) is 0 Å². The van der Waals surface area contributed by atoms with Gasteiger partial charge in [0.1, 0.15) is 4.60 Å². The van der Waals surface area contributed by atoms with Crippen LogP contribution in [0, 0.1) is 18.3 Å². The maximum Gasteiger partial charge on any atom is 0.188 e. The monoisotopic (exact) mass is 293 g/mol. The molecule has 0 radical (unpaired) electrons. The minimum Gasteiger partial charge on any atom is -0.331 e. The van der Waals surface area contributed by atoms with E-state index < -0.39 is 0 Å². The highest BCUT2D eigenvalue weighted by Gasteiger charge is 2.03. The lowest BCUT2D eigenvalue weighted by Crippen LogP contribution is -1.93. The van der Waals surface area contributed by atoms with Gasteiger partial charge in [0.2, 0.25) is 0 Å². The molecule has 0 saturated carbocycles. The largest absolute Gasteiger partial charge is 0.331 e. The Hall–Kier alpha value is -1.38. The summed E-state index contributed by atoms with van der Waals surface area (Å²) in [5, 5.41) is 14.7. The first kappa shape index (κ1) is 11.1. The molecular weight excluding hydrogens is 286 g/mol. The second-order valence-electron chi connectivity index (χ2n) is 3.24. The molecular formula is C11H8BrN3S.